The van der Waals surface area contributed by atoms with Gasteiger partial charge in [-0.1, -0.05) is 61.3 Å². The molecule has 1 aliphatic rings. The van der Waals surface area contributed by atoms with Crippen molar-refractivity contribution in [2.24, 2.45) is 5.41 Å². The molecule has 1 aliphatic heterocycles. The fourth-order valence-electron chi connectivity index (χ4n) is 5.16. The fraction of sp³-hybridized carbons (Fsp3) is 0.462. The van der Waals surface area contributed by atoms with E-state index in [0.717, 1.165) is 0 Å². The van der Waals surface area contributed by atoms with Gasteiger partial charge in [-0.3, -0.25) is 9.59 Å². The van der Waals surface area contributed by atoms with Crippen LogP contribution in [0.5, 0.6) is 0 Å². The van der Waals surface area contributed by atoms with Gasteiger partial charge in [0.2, 0.25) is 5.91 Å². The van der Waals surface area contributed by atoms with Crippen molar-refractivity contribution in [2.75, 3.05) is 0 Å². The van der Waals surface area contributed by atoms with Crippen LogP contribution in [-0.4, -0.2) is 50.1 Å². The number of carboxylic acid groups (broad SMARTS) is 1. The lowest BCUT2D eigenvalue weighted by Gasteiger charge is -2.52. The van der Waals surface area contributed by atoms with Crippen molar-refractivity contribution in [1.82, 2.24) is 4.90 Å². The number of aliphatic carboxylic acids is 1. The minimum Gasteiger partial charge on any atom is -0.481 e. The molecule has 0 bridgehead atoms. The summed E-state index contributed by atoms with van der Waals surface area (Å²) in [5.41, 5.74) is -0.278. The Morgan fingerprint density at radius 1 is 1.11 bits per heavy atom. The number of amides is 1. The number of nitrogens with zero attached hydrogens (tertiary/aromatic N) is 1. The number of benzene rings is 2. The molecule has 202 valence electrons. The summed E-state index contributed by atoms with van der Waals surface area (Å²) in [6, 6.07) is 11.1. The van der Waals surface area contributed by atoms with E-state index >= 15 is 0 Å². The standard InChI is InChI=1S/C26H28Cl2F3NO5/c1-3-19(12-25(36,37)26(29,30)31)32-22(15-7-9-17(27)10-8-15)20(16-5-4-6-18(28)11-16)13-24(2,23(32)35)14-21(33)34/h4-11,19-20,22,36-37H,3,12-14H2,1-2H3,(H,33,34)/t19-,20+,22+,24-/m0/s1. The molecule has 11 heteroatoms. The van der Waals surface area contributed by atoms with Gasteiger partial charge in [0.25, 0.3) is 5.79 Å². The van der Waals surface area contributed by atoms with Gasteiger partial charge in [-0.15, -0.1) is 0 Å². The Hall–Kier alpha value is -2.33. The van der Waals surface area contributed by atoms with E-state index in [1.54, 1.807) is 48.5 Å². The van der Waals surface area contributed by atoms with Crippen LogP contribution in [0.25, 0.3) is 0 Å². The molecular weight excluding hydrogens is 534 g/mol. The van der Waals surface area contributed by atoms with E-state index in [1.807, 2.05) is 0 Å². The first kappa shape index (κ1) is 29.2. The summed E-state index contributed by atoms with van der Waals surface area (Å²) in [4.78, 5) is 27.0. The van der Waals surface area contributed by atoms with Crippen LogP contribution in [0.15, 0.2) is 48.5 Å². The van der Waals surface area contributed by atoms with Gasteiger partial charge < -0.3 is 20.2 Å². The third-order valence-electron chi connectivity index (χ3n) is 6.97. The van der Waals surface area contributed by atoms with Gasteiger partial charge in [-0.05, 0) is 48.2 Å². The molecule has 1 heterocycles. The van der Waals surface area contributed by atoms with E-state index in [1.165, 1.54) is 18.7 Å². The van der Waals surface area contributed by atoms with E-state index in [4.69, 9.17) is 23.2 Å². The van der Waals surface area contributed by atoms with Crippen molar-refractivity contribution < 1.29 is 38.1 Å². The topological polar surface area (TPSA) is 98.1 Å². The molecule has 0 spiro atoms. The maximum absolute atomic E-state index is 14.0. The summed E-state index contributed by atoms with van der Waals surface area (Å²) in [6.45, 7) is 2.99. The third kappa shape index (κ3) is 6.22. The number of hydrogen-bond donors (Lipinski definition) is 3. The van der Waals surface area contributed by atoms with Gasteiger partial charge >= 0.3 is 12.1 Å². The first-order chi connectivity index (χ1) is 17.1. The molecule has 6 nitrogen and oxygen atoms in total. The summed E-state index contributed by atoms with van der Waals surface area (Å²) < 4.78 is 40.4. The van der Waals surface area contributed by atoms with Gasteiger partial charge in [0.1, 0.15) is 0 Å². The number of hydrogen-bond acceptors (Lipinski definition) is 4. The quantitative estimate of drug-likeness (QED) is 0.346. The SMILES string of the molecule is CC[C@@H](CC(O)(O)C(F)(F)F)N1C(=O)[C@](C)(CC(=O)O)C[C@H](c2cccc(Cl)c2)[C@H]1c1ccc(Cl)cc1. The Morgan fingerprint density at radius 2 is 1.73 bits per heavy atom. The Bertz CT molecular complexity index is 1140. The summed E-state index contributed by atoms with van der Waals surface area (Å²) >= 11 is 12.3. The van der Waals surface area contributed by atoms with Crippen LogP contribution in [0.1, 0.15) is 62.6 Å². The van der Waals surface area contributed by atoms with Crippen LogP contribution in [0.4, 0.5) is 13.2 Å². The van der Waals surface area contributed by atoms with Gasteiger partial charge in [0.15, 0.2) is 0 Å². The van der Waals surface area contributed by atoms with Crippen LogP contribution in [-0.2, 0) is 9.59 Å². The Morgan fingerprint density at radius 3 is 2.24 bits per heavy atom. The molecular formula is C26H28Cl2F3NO5. The van der Waals surface area contributed by atoms with Gasteiger partial charge in [-0.25, -0.2) is 0 Å². The predicted molar refractivity (Wildman–Crippen MR) is 132 cm³/mol. The number of carboxylic acids is 1. The molecule has 3 N–H and O–H groups in total. The van der Waals surface area contributed by atoms with E-state index in [2.05, 4.69) is 0 Å². The molecule has 0 aromatic heterocycles. The monoisotopic (exact) mass is 561 g/mol. The van der Waals surface area contributed by atoms with Crippen LogP contribution < -0.4 is 0 Å². The van der Waals surface area contributed by atoms with Crippen molar-refractivity contribution in [2.45, 2.75) is 69.5 Å². The molecule has 2 aromatic rings. The first-order valence-corrected chi connectivity index (χ1v) is 12.4. The Balaban J connectivity index is 2.25. The summed E-state index contributed by atoms with van der Waals surface area (Å²) in [6.07, 6.45) is -7.13. The van der Waals surface area contributed by atoms with Crippen LogP contribution >= 0.6 is 23.2 Å². The highest BCUT2D eigenvalue weighted by Crippen LogP contribution is 2.53. The lowest BCUT2D eigenvalue weighted by atomic mass is 9.66. The average Bonchev–Trinajstić information content (AvgIpc) is 2.78. The largest absolute Gasteiger partial charge is 0.481 e. The number of rotatable bonds is 8. The molecule has 0 saturated carbocycles. The molecule has 1 amide bonds. The van der Waals surface area contributed by atoms with Crippen LogP contribution in [0, 0.1) is 5.41 Å². The zero-order valence-electron chi connectivity index (χ0n) is 20.2. The van der Waals surface area contributed by atoms with Crippen molar-refractivity contribution in [3.05, 3.63) is 69.7 Å². The number of likely N-dealkylation sites (tertiary alicyclic amines) is 1. The van der Waals surface area contributed by atoms with Crippen molar-refractivity contribution in [3.63, 3.8) is 0 Å². The normalized spacial score (nSPS) is 23.7. The molecule has 1 saturated heterocycles. The number of aliphatic hydroxyl groups is 2. The lowest BCUT2D eigenvalue weighted by molar-refractivity contribution is -0.354. The maximum atomic E-state index is 14.0. The highest BCUT2D eigenvalue weighted by molar-refractivity contribution is 6.30. The molecule has 0 aliphatic carbocycles. The summed E-state index contributed by atoms with van der Waals surface area (Å²) in [7, 11) is 0. The zero-order chi connectivity index (χ0) is 27.8. The zero-order valence-corrected chi connectivity index (χ0v) is 21.7. The number of halogens is 5. The van der Waals surface area contributed by atoms with E-state index < -0.39 is 60.1 Å². The van der Waals surface area contributed by atoms with Gasteiger partial charge in [-0.2, -0.15) is 13.2 Å². The lowest BCUT2D eigenvalue weighted by Crippen LogP contribution is -2.59. The Labute approximate surface area is 222 Å². The highest BCUT2D eigenvalue weighted by atomic mass is 35.5. The molecule has 1 fully saturated rings. The second-order valence-corrected chi connectivity index (χ2v) is 10.7. The second kappa shape index (κ2) is 10.8. The third-order valence-corrected chi connectivity index (χ3v) is 7.46. The smallest absolute Gasteiger partial charge is 0.442 e. The minimum absolute atomic E-state index is 0.0554. The highest BCUT2D eigenvalue weighted by Gasteiger charge is 2.57. The minimum atomic E-state index is -5.37. The summed E-state index contributed by atoms with van der Waals surface area (Å²) in [5.74, 6) is -6.57. The molecule has 0 unspecified atom stereocenters. The van der Waals surface area contributed by atoms with Gasteiger partial charge in [0.05, 0.1) is 17.9 Å². The Kier molecular flexibility index (Phi) is 8.54. The van der Waals surface area contributed by atoms with E-state index in [9.17, 15) is 38.1 Å². The average molecular weight is 562 g/mol. The summed E-state index contributed by atoms with van der Waals surface area (Å²) in [5, 5.41) is 30.2. The maximum Gasteiger partial charge on any atom is 0.442 e. The van der Waals surface area contributed by atoms with Crippen LogP contribution in [0.2, 0.25) is 10.0 Å². The molecule has 0 radical (unpaired) electrons. The van der Waals surface area contributed by atoms with Crippen LogP contribution in [0.3, 0.4) is 0 Å². The van der Waals surface area contributed by atoms with Crippen molar-refractivity contribution in [3.8, 4) is 0 Å². The number of alkyl halides is 3. The van der Waals surface area contributed by atoms with Gasteiger partial charge in [0, 0.05) is 28.4 Å². The number of carbonyl (C=O) groups is 2. The first-order valence-electron chi connectivity index (χ1n) is 11.7. The molecule has 3 rings (SSSR count). The van der Waals surface area contributed by atoms with Crippen molar-refractivity contribution in [1.29, 1.82) is 0 Å². The second-order valence-electron chi connectivity index (χ2n) is 9.79. The predicted octanol–water partition coefficient (Wildman–Crippen LogP) is 5.94. The van der Waals surface area contributed by atoms with E-state index in [0.29, 0.717) is 21.2 Å². The molecule has 2 aromatic carbocycles. The fourth-order valence-corrected chi connectivity index (χ4v) is 5.49. The number of carbonyl (C=O) groups excluding carboxylic acids is 1. The molecule has 37 heavy (non-hydrogen) atoms. The molecule has 4 atom stereocenters. The van der Waals surface area contributed by atoms with E-state index in [-0.39, 0.29) is 12.8 Å². The number of piperidine rings is 1. The van der Waals surface area contributed by atoms with Crippen molar-refractivity contribution >= 4 is 35.1 Å².